The van der Waals surface area contributed by atoms with Crippen LogP contribution >= 0.6 is 11.8 Å². The first-order valence-corrected chi connectivity index (χ1v) is 10.8. The van der Waals surface area contributed by atoms with E-state index in [0.717, 1.165) is 31.0 Å². The number of carbonyl (C=O) groups is 2. The van der Waals surface area contributed by atoms with Crippen molar-refractivity contribution in [1.29, 1.82) is 0 Å². The van der Waals surface area contributed by atoms with E-state index >= 15 is 0 Å². The summed E-state index contributed by atoms with van der Waals surface area (Å²) in [5.74, 6) is -0.466. The molecule has 1 fully saturated rings. The van der Waals surface area contributed by atoms with Crippen LogP contribution in [0.4, 0.5) is 4.79 Å². The summed E-state index contributed by atoms with van der Waals surface area (Å²) in [6, 6.07) is 6.60. The quantitative estimate of drug-likeness (QED) is 0.528. The summed E-state index contributed by atoms with van der Waals surface area (Å²) in [6.45, 7) is 4.90. The SMILES string of the molecule is CC[C@@H](C)NC(=O)NC(=O)CSc1nc2ccccc2c(=O)n1C[C@H]1CCCO1. The number of fused-ring (bicyclic) bond motifs is 1. The number of nitrogens with zero attached hydrogens (tertiary/aromatic N) is 2. The van der Waals surface area contributed by atoms with Gasteiger partial charge in [-0.05, 0) is 38.3 Å². The number of nitrogens with one attached hydrogen (secondary N) is 2. The summed E-state index contributed by atoms with van der Waals surface area (Å²) < 4.78 is 7.25. The van der Waals surface area contributed by atoms with Gasteiger partial charge in [0, 0.05) is 12.6 Å². The van der Waals surface area contributed by atoms with Crippen LogP contribution in [-0.4, -0.2) is 46.0 Å². The molecule has 1 aliphatic rings. The Morgan fingerprint density at radius 2 is 2.17 bits per heavy atom. The molecule has 0 radical (unpaired) electrons. The Morgan fingerprint density at radius 1 is 1.38 bits per heavy atom. The summed E-state index contributed by atoms with van der Waals surface area (Å²) in [6.07, 6.45) is 2.59. The van der Waals surface area contributed by atoms with E-state index in [1.807, 2.05) is 19.9 Å². The highest BCUT2D eigenvalue weighted by atomic mass is 32.2. The van der Waals surface area contributed by atoms with E-state index in [4.69, 9.17) is 4.74 Å². The van der Waals surface area contributed by atoms with Gasteiger partial charge < -0.3 is 10.1 Å². The van der Waals surface area contributed by atoms with Crippen molar-refractivity contribution in [1.82, 2.24) is 20.2 Å². The van der Waals surface area contributed by atoms with Crippen molar-refractivity contribution in [2.24, 2.45) is 0 Å². The van der Waals surface area contributed by atoms with Crippen molar-refractivity contribution in [3.8, 4) is 0 Å². The molecule has 9 heteroatoms. The van der Waals surface area contributed by atoms with Gasteiger partial charge in [-0.15, -0.1) is 0 Å². The predicted molar refractivity (Wildman–Crippen MR) is 112 cm³/mol. The van der Waals surface area contributed by atoms with Crippen molar-refractivity contribution in [2.45, 2.75) is 57.0 Å². The molecule has 1 saturated heterocycles. The Kier molecular flexibility index (Phi) is 7.27. The van der Waals surface area contributed by atoms with Gasteiger partial charge in [0.25, 0.3) is 5.56 Å². The molecule has 156 valence electrons. The highest BCUT2D eigenvalue weighted by Crippen LogP contribution is 2.20. The fourth-order valence-electron chi connectivity index (χ4n) is 3.07. The lowest BCUT2D eigenvalue weighted by Gasteiger charge is -2.16. The van der Waals surface area contributed by atoms with E-state index < -0.39 is 11.9 Å². The van der Waals surface area contributed by atoms with Crippen LogP contribution in [0.2, 0.25) is 0 Å². The zero-order valence-electron chi connectivity index (χ0n) is 16.6. The topological polar surface area (TPSA) is 102 Å². The molecule has 2 N–H and O–H groups in total. The Bertz CT molecular complexity index is 940. The van der Waals surface area contributed by atoms with Gasteiger partial charge in [0.15, 0.2) is 5.16 Å². The zero-order valence-corrected chi connectivity index (χ0v) is 17.5. The van der Waals surface area contributed by atoms with Crippen molar-refractivity contribution >= 4 is 34.6 Å². The molecule has 3 amide bonds. The first-order chi connectivity index (χ1) is 14.0. The van der Waals surface area contributed by atoms with Crippen LogP contribution in [0, 0.1) is 0 Å². The Hall–Kier alpha value is -2.39. The summed E-state index contributed by atoms with van der Waals surface area (Å²) >= 11 is 1.14. The van der Waals surface area contributed by atoms with E-state index in [0.29, 0.717) is 29.2 Å². The number of hydrogen-bond donors (Lipinski definition) is 2. The van der Waals surface area contributed by atoms with Gasteiger partial charge >= 0.3 is 6.03 Å². The number of hydrogen-bond acceptors (Lipinski definition) is 6. The third-order valence-electron chi connectivity index (χ3n) is 4.81. The van der Waals surface area contributed by atoms with Gasteiger partial charge in [0.2, 0.25) is 5.91 Å². The van der Waals surface area contributed by atoms with E-state index in [1.54, 1.807) is 22.8 Å². The van der Waals surface area contributed by atoms with Gasteiger partial charge in [-0.1, -0.05) is 30.8 Å². The molecule has 0 bridgehead atoms. The van der Waals surface area contributed by atoms with E-state index in [9.17, 15) is 14.4 Å². The largest absolute Gasteiger partial charge is 0.376 e. The Balaban J connectivity index is 1.75. The number of para-hydroxylation sites is 1. The van der Waals surface area contributed by atoms with Crippen LogP contribution in [-0.2, 0) is 16.1 Å². The molecule has 0 saturated carbocycles. The molecule has 8 nitrogen and oxygen atoms in total. The van der Waals surface area contributed by atoms with Gasteiger partial charge in [0.05, 0.1) is 29.3 Å². The van der Waals surface area contributed by atoms with Crippen LogP contribution in [0.1, 0.15) is 33.1 Å². The van der Waals surface area contributed by atoms with Gasteiger partial charge in [-0.25, -0.2) is 9.78 Å². The predicted octanol–water partition coefficient (Wildman–Crippen LogP) is 2.29. The fraction of sp³-hybridized carbons (Fsp3) is 0.500. The number of imide groups is 1. The highest BCUT2D eigenvalue weighted by molar-refractivity contribution is 7.99. The van der Waals surface area contributed by atoms with E-state index in [-0.39, 0.29) is 23.5 Å². The van der Waals surface area contributed by atoms with E-state index in [2.05, 4.69) is 15.6 Å². The highest BCUT2D eigenvalue weighted by Gasteiger charge is 2.21. The molecule has 1 aromatic heterocycles. The van der Waals surface area contributed by atoms with Crippen molar-refractivity contribution in [3.05, 3.63) is 34.6 Å². The molecule has 0 unspecified atom stereocenters. The van der Waals surface area contributed by atoms with Gasteiger partial charge in [-0.3, -0.25) is 19.5 Å². The molecule has 3 rings (SSSR count). The minimum atomic E-state index is -0.520. The molecule has 2 atom stereocenters. The monoisotopic (exact) mass is 418 g/mol. The lowest BCUT2D eigenvalue weighted by Crippen LogP contribution is -2.44. The Morgan fingerprint density at radius 3 is 2.90 bits per heavy atom. The third-order valence-corrected chi connectivity index (χ3v) is 5.79. The molecule has 29 heavy (non-hydrogen) atoms. The number of ether oxygens (including phenoxy) is 1. The number of aromatic nitrogens is 2. The number of amides is 3. The molecule has 1 aliphatic heterocycles. The van der Waals surface area contributed by atoms with Crippen molar-refractivity contribution in [3.63, 3.8) is 0 Å². The average Bonchev–Trinajstić information content (AvgIpc) is 3.22. The minimum absolute atomic E-state index is 0.0193. The van der Waals surface area contributed by atoms with E-state index in [1.165, 1.54) is 0 Å². The average molecular weight is 419 g/mol. The standard InChI is InChI=1S/C20H26N4O4S/c1-3-13(2)21-19(27)23-17(25)12-29-20-22-16-9-5-4-8-15(16)18(26)24(20)11-14-7-6-10-28-14/h4-5,8-9,13-14H,3,6-7,10-12H2,1-2H3,(H2,21,23,25,27)/t13-,14-/m1/s1. The zero-order chi connectivity index (χ0) is 20.8. The summed E-state index contributed by atoms with van der Waals surface area (Å²) in [7, 11) is 0. The number of thioether (sulfide) groups is 1. The first kappa shape index (κ1) is 21.3. The molecular formula is C20H26N4O4S. The maximum Gasteiger partial charge on any atom is 0.321 e. The van der Waals surface area contributed by atoms with Crippen LogP contribution < -0.4 is 16.2 Å². The summed E-state index contributed by atoms with van der Waals surface area (Å²) in [4.78, 5) is 41.6. The van der Waals surface area contributed by atoms with Crippen LogP contribution in [0.3, 0.4) is 0 Å². The van der Waals surface area contributed by atoms with Crippen molar-refractivity contribution in [2.75, 3.05) is 12.4 Å². The molecular weight excluding hydrogens is 392 g/mol. The summed E-state index contributed by atoms with van der Waals surface area (Å²) in [5, 5.41) is 5.97. The molecule has 2 heterocycles. The molecule has 2 aromatic rings. The number of rotatable bonds is 7. The number of benzene rings is 1. The number of urea groups is 1. The maximum absolute atomic E-state index is 13.0. The first-order valence-electron chi connectivity index (χ1n) is 9.82. The van der Waals surface area contributed by atoms with Crippen LogP contribution in [0.25, 0.3) is 10.9 Å². The van der Waals surface area contributed by atoms with Crippen LogP contribution in [0.15, 0.2) is 34.2 Å². The summed E-state index contributed by atoms with van der Waals surface area (Å²) in [5.41, 5.74) is 0.432. The minimum Gasteiger partial charge on any atom is -0.376 e. The maximum atomic E-state index is 13.0. The second-order valence-electron chi connectivity index (χ2n) is 7.08. The number of carbonyl (C=O) groups excluding carboxylic acids is 2. The lowest BCUT2D eigenvalue weighted by molar-refractivity contribution is -0.117. The van der Waals surface area contributed by atoms with Crippen LogP contribution in [0.5, 0.6) is 0 Å². The van der Waals surface area contributed by atoms with Gasteiger partial charge in [-0.2, -0.15) is 0 Å². The normalized spacial score (nSPS) is 17.2. The fourth-order valence-corrected chi connectivity index (χ4v) is 3.87. The van der Waals surface area contributed by atoms with Crippen molar-refractivity contribution < 1.29 is 14.3 Å². The van der Waals surface area contributed by atoms with Gasteiger partial charge in [0.1, 0.15) is 0 Å². The molecule has 0 spiro atoms. The molecule has 1 aromatic carbocycles. The molecule has 0 aliphatic carbocycles. The smallest absolute Gasteiger partial charge is 0.321 e. The second kappa shape index (κ2) is 9.89. The lowest BCUT2D eigenvalue weighted by atomic mass is 10.2. The second-order valence-corrected chi connectivity index (χ2v) is 8.02. The third kappa shape index (κ3) is 5.57. The Labute approximate surface area is 173 Å².